The topological polar surface area (TPSA) is 87.7 Å². The predicted molar refractivity (Wildman–Crippen MR) is 126 cm³/mol. The van der Waals surface area contributed by atoms with Gasteiger partial charge in [-0.25, -0.2) is 9.18 Å². The van der Waals surface area contributed by atoms with E-state index < -0.39 is 11.7 Å². The van der Waals surface area contributed by atoms with E-state index >= 15 is 0 Å². The first-order valence-corrected chi connectivity index (χ1v) is 11.8. The van der Waals surface area contributed by atoms with Gasteiger partial charge in [0.25, 0.3) is 5.91 Å². The standard InChI is InChI=1S/C24H30FN3O4S/c1-24(2,3)32-23(31)27-13-12-26-21(29)16-7-6-14-28(15-16)22(30)20-11-10-19(33-20)17-8-4-5-9-18(17)25/h4-5,8-11,16H,6-7,12-15H2,1-3H3,(H,26,29)(H,27,31). The third-order valence-electron chi connectivity index (χ3n) is 5.13. The number of carbonyl (C=O) groups is 3. The van der Waals surface area contributed by atoms with Crippen molar-refractivity contribution in [1.29, 1.82) is 0 Å². The second kappa shape index (κ2) is 10.8. The average molecular weight is 476 g/mol. The van der Waals surface area contributed by atoms with E-state index in [1.807, 2.05) is 0 Å². The van der Waals surface area contributed by atoms with Crippen LogP contribution in [-0.2, 0) is 9.53 Å². The summed E-state index contributed by atoms with van der Waals surface area (Å²) in [4.78, 5) is 40.1. The van der Waals surface area contributed by atoms with Crippen LogP contribution in [0.1, 0.15) is 43.3 Å². The van der Waals surface area contributed by atoms with Crippen molar-refractivity contribution in [2.24, 2.45) is 5.92 Å². The minimum atomic E-state index is -0.579. The Morgan fingerprint density at radius 3 is 2.58 bits per heavy atom. The molecule has 3 amide bonds. The van der Waals surface area contributed by atoms with Crippen LogP contribution in [0.25, 0.3) is 10.4 Å². The fourth-order valence-corrected chi connectivity index (χ4v) is 4.60. The lowest BCUT2D eigenvalue weighted by atomic mass is 9.97. The van der Waals surface area contributed by atoms with Gasteiger partial charge in [-0.05, 0) is 51.8 Å². The zero-order valence-electron chi connectivity index (χ0n) is 19.2. The van der Waals surface area contributed by atoms with Crippen molar-refractivity contribution in [3.63, 3.8) is 0 Å². The van der Waals surface area contributed by atoms with Crippen molar-refractivity contribution < 1.29 is 23.5 Å². The summed E-state index contributed by atoms with van der Waals surface area (Å²) in [7, 11) is 0. The first-order chi connectivity index (χ1) is 15.6. The highest BCUT2D eigenvalue weighted by Crippen LogP contribution is 2.31. The largest absolute Gasteiger partial charge is 0.444 e. The van der Waals surface area contributed by atoms with Gasteiger partial charge in [0.15, 0.2) is 0 Å². The van der Waals surface area contributed by atoms with E-state index in [2.05, 4.69) is 10.6 Å². The number of piperidine rings is 1. The fraction of sp³-hybridized carbons (Fsp3) is 0.458. The normalized spacial score (nSPS) is 16.2. The van der Waals surface area contributed by atoms with Crippen LogP contribution < -0.4 is 10.6 Å². The molecule has 1 aromatic carbocycles. The van der Waals surface area contributed by atoms with Crippen molar-refractivity contribution in [2.75, 3.05) is 26.2 Å². The van der Waals surface area contributed by atoms with Crippen LogP contribution in [0.2, 0.25) is 0 Å². The molecular formula is C24H30FN3O4S. The van der Waals surface area contributed by atoms with E-state index in [4.69, 9.17) is 4.74 Å². The van der Waals surface area contributed by atoms with Gasteiger partial charge in [0, 0.05) is 36.6 Å². The molecule has 3 rings (SSSR count). The Bertz CT molecular complexity index is 1000. The number of amides is 3. The van der Waals surface area contributed by atoms with Gasteiger partial charge in [0.05, 0.1) is 10.8 Å². The molecule has 1 atom stereocenters. The molecule has 0 aliphatic carbocycles. The summed E-state index contributed by atoms with van der Waals surface area (Å²) < 4.78 is 19.2. The van der Waals surface area contributed by atoms with E-state index in [0.29, 0.717) is 34.8 Å². The molecule has 1 saturated heterocycles. The minimum absolute atomic E-state index is 0.142. The number of thiophene rings is 1. The zero-order chi connectivity index (χ0) is 24.0. The van der Waals surface area contributed by atoms with E-state index in [0.717, 1.165) is 6.42 Å². The van der Waals surface area contributed by atoms with Gasteiger partial charge >= 0.3 is 6.09 Å². The maximum Gasteiger partial charge on any atom is 0.407 e. The zero-order valence-corrected chi connectivity index (χ0v) is 20.0. The van der Waals surface area contributed by atoms with Crippen LogP contribution in [0.4, 0.5) is 9.18 Å². The monoisotopic (exact) mass is 475 g/mol. The van der Waals surface area contributed by atoms with E-state index in [9.17, 15) is 18.8 Å². The first kappa shape index (κ1) is 24.7. The fourth-order valence-electron chi connectivity index (χ4n) is 3.60. The SMILES string of the molecule is CC(C)(C)OC(=O)NCCNC(=O)C1CCCN(C(=O)c2ccc(-c3ccccc3F)s2)C1. The molecule has 0 bridgehead atoms. The highest BCUT2D eigenvalue weighted by molar-refractivity contribution is 7.17. The summed E-state index contributed by atoms with van der Waals surface area (Å²) in [5.74, 6) is -0.923. The number of hydrogen-bond acceptors (Lipinski definition) is 5. The third-order valence-corrected chi connectivity index (χ3v) is 6.23. The number of halogens is 1. The van der Waals surface area contributed by atoms with Crippen molar-refractivity contribution in [1.82, 2.24) is 15.5 Å². The van der Waals surface area contributed by atoms with E-state index in [1.54, 1.807) is 56.0 Å². The number of likely N-dealkylation sites (tertiary alicyclic amines) is 1. The molecule has 33 heavy (non-hydrogen) atoms. The molecule has 0 spiro atoms. The third kappa shape index (κ3) is 7.02. The number of alkyl carbamates (subject to hydrolysis) is 1. The summed E-state index contributed by atoms with van der Waals surface area (Å²) in [6.45, 7) is 6.78. The molecule has 2 heterocycles. The number of nitrogens with one attached hydrogen (secondary N) is 2. The van der Waals surface area contributed by atoms with E-state index in [-0.39, 0.29) is 36.6 Å². The van der Waals surface area contributed by atoms with Crippen LogP contribution in [0.5, 0.6) is 0 Å². The van der Waals surface area contributed by atoms with Gasteiger partial charge in [-0.1, -0.05) is 18.2 Å². The Morgan fingerprint density at radius 2 is 1.85 bits per heavy atom. The Labute approximate surface area is 197 Å². The summed E-state index contributed by atoms with van der Waals surface area (Å²) in [6.07, 6.45) is 0.892. The van der Waals surface area contributed by atoms with Crippen LogP contribution in [0, 0.1) is 11.7 Å². The molecule has 1 aromatic heterocycles. The molecular weight excluding hydrogens is 445 g/mol. The number of nitrogens with zero attached hydrogens (tertiary/aromatic N) is 1. The maximum atomic E-state index is 14.1. The second-order valence-electron chi connectivity index (χ2n) is 8.95. The van der Waals surface area contributed by atoms with Gasteiger partial charge in [-0.2, -0.15) is 0 Å². The van der Waals surface area contributed by atoms with E-state index in [1.165, 1.54) is 17.4 Å². The van der Waals surface area contributed by atoms with Gasteiger partial charge < -0.3 is 20.3 Å². The van der Waals surface area contributed by atoms with Gasteiger partial charge in [0.1, 0.15) is 11.4 Å². The Kier molecular flexibility index (Phi) is 8.07. The summed E-state index contributed by atoms with van der Waals surface area (Å²) in [5.41, 5.74) is -0.110. The summed E-state index contributed by atoms with van der Waals surface area (Å²) in [5, 5.41) is 5.42. The highest BCUT2D eigenvalue weighted by Gasteiger charge is 2.29. The van der Waals surface area contributed by atoms with Crippen LogP contribution in [0.3, 0.4) is 0 Å². The molecule has 0 saturated carbocycles. The Hall–Kier alpha value is -2.94. The number of rotatable bonds is 6. The second-order valence-corrected chi connectivity index (χ2v) is 10.0. The summed E-state index contributed by atoms with van der Waals surface area (Å²) >= 11 is 1.25. The molecule has 1 fully saturated rings. The van der Waals surface area contributed by atoms with Crippen LogP contribution in [0.15, 0.2) is 36.4 Å². The summed E-state index contributed by atoms with van der Waals surface area (Å²) in [6, 6.07) is 9.94. The molecule has 1 unspecified atom stereocenters. The quantitative estimate of drug-likeness (QED) is 0.617. The first-order valence-electron chi connectivity index (χ1n) is 11.0. The highest BCUT2D eigenvalue weighted by atomic mass is 32.1. The van der Waals surface area contributed by atoms with Crippen molar-refractivity contribution >= 4 is 29.2 Å². The molecule has 9 heteroatoms. The predicted octanol–water partition coefficient (Wildman–Crippen LogP) is 4.05. The van der Waals surface area contributed by atoms with Crippen molar-refractivity contribution in [2.45, 2.75) is 39.2 Å². The van der Waals surface area contributed by atoms with Gasteiger partial charge in [-0.3, -0.25) is 9.59 Å². The van der Waals surface area contributed by atoms with Crippen LogP contribution in [-0.4, -0.2) is 54.6 Å². The molecule has 0 radical (unpaired) electrons. The average Bonchev–Trinajstić information content (AvgIpc) is 3.25. The number of benzene rings is 1. The molecule has 1 aliphatic rings. The Balaban J connectivity index is 1.50. The van der Waals surface area contributed by atoms with Gasteiger partial charge in [0.2, 0.25) is 5.91 Å². The molecule has 2 N–H and O–H groups in total. The lowest BCUT2D eigenvalue weighted by molar-refractivity contribution is -0.126. The maximum absolute atomic E-state index is 14.1. The molecule has 2 aromatic rings. The van der Waals surface area contributed by atoms with Crippen molar-refractivity contribution in [3.8, 4) is 10.4 Å². The molecule has 1 aliphatic heterocycles. The number of carbonyl (C=O) groups excluding carboxylic acids is 3. The van der Waals surface area contributed by atoms with Crippen LogP contribution >= 0.6 is 11.3 Å². The lowest BCUT2D eigenvalue weighted by Crippen LogP contribution is -2.46. The smallest absolute Gasteiger partial charge is 0.407 e. The molecule has 178 valence electrons. The van der Waals surface area contributed by atoms with Gasteiger partial charge in [-0.15, -0.1) is 11.3 Å². The Morgan fingerprint density at radius 1 is 1.12 bits per heavy atom. The molecule has 7 nitrogen and oxygen atoms in total. The minimum Gasteiger partial charge on any atom is -0.444 e. The lowest BCUT2D eigenvalue weighted by Gasteiger charge is -2.31. The number of ether oxygens (including phenoxy) is 1. The van der Waals surface area contributed by atoms with Crippen molar-refractivity contribution in [3.05, 3.63) is 47.1 Å². The number of hydrogen-bond donors (Lipinski definition) is 2.